The van der Waals surface area contributed by atoms with Crippen molar-refractivity contribution in [1.29, 1.82) is 0 Å². The average molecular weight is 369 g/mol. The van der Waals surface area contributed by atoms with E-state index in [9.17, 15) is 14.0 Å². The minimum absolute atomic E-state index is 0.00643. The Bertz CT molecular complexity index is 786. The van der Waals surface area contributed by atoms with Gasteiger partial charge in [-0.25, -0.2) is 4.39 Å². The molecule has 0 spiro atoms. The van der Waals surface area contributed by atoms with Crippen molar-refractivity contribution in [1.82, 2.24) is 5.32 Å². The van der Waals surface area contributed by atoms with Crippen LogP contribution in [-0.2, 0) is 16.0 Å². The molecule has 1 aliphatic heterocycles. The smallest absolute Gasteiger partial charge is 0.228 e. The van der Waals surface area contributed by atoms with Crippen molar-refractivity contribution in [2.24, 2.45) is 5.92 Å². The van der Waals surface area contributed by atoms with Crippen molar-refractivity contribution in [2.45, 2.75) is 25.7 Å². The largest absolute Gasteiger partial charge is 0.326 e. The lowest BCUT2D eigenvalue weighted by atomic mass is 10.0. The maximum Gasteiger partial charge on any atom is 0.228 e. The Balaban J connectivity index is 1.45. The molecule has 3 N–H and O–H groups in total. The van der Waals surface area contributed by atoms with Crippen molar-refractivity contribution in [3.63, 3.8) is 0 Å². The summed E-state index contributed by atoms with van der Waals surface area (Å²) < 4.78 is 13.6. The Labute approximate surface area is 158 Å². The monoisotopic (exact) mass is 369 g/mol. The van der Waals surface area contributed by atoms with Crippen LogP contribution in [0.5, 0.6) is 0 Å². The first-order valence-electron chi connectivity index (χ1n) is 9.24. The molecule has 2 amide bonds. The SMILES string of the molecule is O=C(CCC1CCNC1)Nc1ccc(CC(=O)Nc2ccccc2F)cc1. The predicted molar refractivity (Wildman–Crippen MR) is 104 cm³/mol. The van der Waals surface area contributed by atoms with Gasteiger partial charge in [-0.1, -0.05) is 24.3 Å². The molecule has 1 saturated heterocycles. The lowest BCUT2D eigenvalue weighted by Crippen LogP contribution is -2.16. The number of benzene rings is 2. The molecule has 0 radical (unpaired) electrons. The summed E-state index contributed by atoms with van der Waals surface area (Å²) in [5.41, 5.74) is 1.67. The molecule has 1 aliphatic rings. The van der Waals surface area contributed by atoms with Crippen molar-refractivity contribution < 1.29 is 14.0 Å². The highest BCUT2D eigenvalue weighted by Crippen LogP contribution is 2.17. The van der Waals surface area contributed by atoms with Crippen LogP contribution in [0.1, 0.15) is 24.8 Å². The van der Waals surface area contributed by atoms with Crippen LogP contribution in [0, 0.1) is 11.7 Å². The molecule has 0 bridgehead atoms. The van der Waals surface area contributed by atoms with Gasteiger partial charge < -0.3 is 16.0 Å². The van der Waals surface area contributed by atoms with Crippen molar-refractivity contribution in [2.75, 3.05) is 23.7 Å². The zero-order valence-electron chi connectivity index (χ0n) is 15.1. The third-order valence-corrected chi connectivity index (χ3v) is 4.69. The first-order valence-corrected chi connectivity index (χ1v) is 9.24. The molecule has 5 nitrogen and oxygen atoms in total. The first-order chi connectivity index (χ1) is 13.1. The van der Waals surface area contributed by atoms with E-state index < -0.39 is 5.82 Å². The number of anilines is 2. The number of halogens is 1. The van der Waals surface area contributed by atoms with E-state index in [0.29, 0.717) is 18.0 Å². The van der Waals surface area contributed by atoms with Crippen LogP contribution in [0.25, 0.3) is 0 Å². The van der Waals surface area contributed by atoms with Gasteiger partial charge in [-0.3, -0.25) is 9.59 Å². The van der Waals surface area contributed by atoms with Crippen LogP contribution >= 0.6 is 0 Å². The summed E-state index contributed by atoms with van der Waals surface area (Å²) in [7, 11) is 0. The summed E-state index contributed by atoms with van der Waals surface area (Å²) >= 11 is 0. The molecule has 0 saturated carbocycles. The Morgan fingerprint density at radius 2 is 1.81 bits per heavy atom. The molecule has 142 valence electrons. The normalized spacial score (nSPS) is 16.1. The lowest BCUT2D eigenvalue weighted by Gasteiger charge is -2.10. The molecule has 1 unspecified atom stereocenters. The summed E-state index contributed by atoms with van der Waals surface area (Å²) in [4.78, 5) is 24.1. The number of hydrogen-bond donors (Lipinski definition) is 3. The molecule has 1 fully saturated rings. The molecule has 0 aromatic heterocycles. The van der Waals surface area contributed by atoms with Crippen LogP contribution in [-0.4, -0.2) is 24.9 Å². The van der Waals surface area contributed by atoms with Gasteiger partial charge in [-0.05, 0) is 61.7 Å². The highest BCUT2D eigenvalue weighted by atomic mass is 19.1. The molecular weight excluding hydrogens is 345 g/mol. The second kappa shape index (κ2) is 9.28. The number of carbonyl (C=O) groups is 2. The number of amides is 2. The van der Waals surface area contributed by atoms with Gasteiger partial charge in [-0.2, -0.15) is 0 Å². The van der Waals surface area contributed by atoms with Crippen LogP contribution in [0.15, 0.2) is 48.5 Å². The van der Waals surface area contributed by atoms with Crippen LogP contribution in [0.3, 0.4) is 0 Å². The number of para-hydroxylation sites is 1. The van der Waals surface area contributed by atoms with Gasteiger partial charge in [-0.15, -0.1) is 0 Å². The Morgan fingerprint density at radius 1 is 1.04 bits per heavy atom. The topological polar surface area (TPSA) is 70.2 Å². The van der Waals surface area contributed by atoms with E-state index >= 15 is 0 Å². The quantitative estimate of drug-likeness (QED) is 0.701. The fourth-order valence-electron chi connectivity index (χ4n) is 3.17. The molecule has 27 heavy (non-hydrogen) atoms. The third kappa shape index (κ3) is 5.89. The fraction of sp³-hybridized carbons (Fsp3) is 0.333. The van der Waals surface area contributed by atoms with Gasteiger partial charge in [0.25, 0.3) is 0 Å². The van der Waals surface area contributed by atoms with E-state index in [-0.39, 0.29) is 23.9 Å². The highest BCUT2D eigenvalue weighted by Gasteiger charge is 2.15. The molecule has 2 aromatic rings. The van der Waals surface area contributed by atoms with Crippen molar-refractivity contribution in [3.05, 3.63) is 59.9 Å². The zero-order chi connectivity index (χ0) is 19.1. The number of nitrogens with one attached hydrogen (secondary N) is 3. The van der Waals surface area contributed by atoms with Crippen molar-refractivity contribution in [3.8, 4) is 0 Å². The Hall–Kier alpha value is -2.73. The summed E-state index contributed by atoms with van der Waals surface area (Å²) in [5, 5.41) is 8.74. The third-order valence-electron chi connectivity index (χ3n) is 4.69. The van der Waals surface area contributed by atoms with Gasteiger partial charge in [0.15, 0.2) is 0 Å². The standard InChI is InChI=1S/C21H24FN3O2/c22-18-3-1-2-4-19(18)25-21(27)13-15-5-8-17(9-6-15)24-20(26)10-7-16-11-12-23-14-16/h1-6,8-9,16,23H,7,10-14H2,(H,24,26)(H,25,27). The van der Waals surface area contributed by atoms with E-state index in [1.54, 1.807) is 36.4 Å². The van der Waals surface area contributed by atoms with E-state index in [1.807, 2.05) is 0 Å². The van der Waals surface area contributed by atoms with E-state index in [0.717, 1.165) is 31.5 Å². The van der Waals surface area contributed by atoms with Crippen LogP contribution in [0.4, 0.5) is 15.8 Å². The second-order valence-electron chi connectivity index (χ2n) is 6.85. The predicted octanol–water partition coefficient (Wildman–Crippen LogP) is 3.34. The molecule has 2 aromatic carbocycles. The summed E-state index contributed by atoms with van der Waals surface area (Å²) in [6, 6.07) is 13.2. The first kappa shape index (κ1) is 19.0. The van der Waals surface area contributed by atoms with Gasteiger partial charge in [0.05, 0.1) is 12.1 Å². The average Bonchev–Trinajstić information content (AvgIpc) is 3.17. The van der Waals surface area contributed by atoms with Crippen LogP contribution in [0.2, 0.25) is 0 Å². The maximum atomic E-state index is 13.6. The van der Waals surface area contributed by atoms with Gasteiger partial charge in [0.1, 0.15) is 5.82 Å². The molecular formula is C21H24FN3O2. The van der Waals surface area contributed by atoms with E-state index in [1.165, 1.54) is 12.1 Å². The molecule has 1 atom stereocenters. The summed E-state index contributed by atoms with van der Waals surface area (Å²) in [5.74, 6) is -0.155. The van der Waals surface area contributed by atoms with Gasteiger partial charge in [0, 0.05) is 12.1 Å². The second-order valence-corrected chi connectivity index (χ2v) is 6.85. The molecule has 6 heteroatoms. The highest BCUT2D eigenvalue weighted by molar-refractivity contribution is 5.93. The minimum Gasteiger partial charge on any atom is -0.326 e. The van der Waals surface area contributed by atoms with E-state index in [2.05, 4.69) is 16.0 Å². The molecule has 0 aliphatic carbocycles. The van der Waals surface area contributed by atoms with Crippen LogP contribution < -0.4 is 16.0 Å². The Morgan fingerprint density at radius 3 is 2.52 bits per heavy atom. The summed E-state index contributed by atoms with van der Waals surface area (Å²) in [6.45, 7) is 2.04. The number of hydrogen-bond acceptors (Lipinski definition) is 3. The lowest BCUT2D eigenvalue weighted by molar-refractivity contribution is -0.117. The van der Waals surface area contributed by atoms with E-state index in [4.69, 9.17) is 0 Å². The fourth-order valence-corrected chi connectivity index (χ4v) is 3.17. The Kier molecular flexibility index (Phi) is 6.54. The van der Waals surface area contributed by atoms with Crippen molar-refractivity contribution >= 4 is 23.2 Å². The number of carbonyl (C=O) groups excluding carboxylic acids is 2. The minimum atomic E-state index is -0.461. The molecule has 3 rings (SSSR count). The molecule has 1 heterocycles. The maximum absolute atomic E-state index is 13.6. The van der Waals surface area contributed by atoms with Gasteiger partial charge >= 0.3 is 0 Å². The summed E-state index contributed by atoms with van der Waals surface area (Å²) in [6.07, 6.45) is 2.68. The zero-order valence-corrected chi connectivity index (χ0v) is 15.1. The van der Waals surface area contributed by atoms with Gasteiger partial charge in [0.2, 0.25) is 11.8 Å². The number of rotatable bonds is 7.